The van der Waals surface area contributed by atoms with E-state index in [1.165, 1.54) is 7.11 Å². The van der Waals surface area contributed by atoms with Crippen molar-refractivity contribution in [1.29, 1.82) is 0 Å². The Morgan fingerprint density at radius 1 is 1.35 bits per heavy atom. The Hall–Kier alpha value is -1.99. The van der Waals surface area contributed by atoms with Crippen LogP contribution < -0.4 is 14.8 Å². The molecule has 23 heavy (non-hydrogen) atoms. The molecule has 0 radical (unpaired) electrons. The number of aliphatic carboxylic acids is 1. The summed E-state index contributed by atoms with van der Waals surface area (Å²) in [5, 5.41) is 11.9. The molecule has 1 aromatic rings. The number of halogens is 1. The Labute approximate surface area is 141 Å². The molecule has 2 rings (SSSR count). The van der Waals surface area contributed by atoms with Crippen molar-refractivity contribution >= 4 is 30.0 Å². The molecule has 7 nitrogen and oxygen atoms in total. The monoisotopic (exact) mass is 344 g/mol. The molecule has 1 fully saturated rings. The zero-order chi connectivity index (χ0) is 16.1. The van der Waals surface area contributed by atoms with E-state index in [0.29, 0.717) is 30.2 Å². The fourth-order valence-corrected chi connectivity index (χ4v) is 2.57. The molecule has 1 atom stereocenters. The topological polar surface area (TPSA) is 88.1 Å². The summed E-state index contributed by atoms with van der Waals surface area (Å²) in [5.41, 5.74) is 0.527. The van der Waals surface area contributed by atoms with Crippen LogP contribution in [0.25, 0.3) is 0 Å². The zero-order valence-corrected chi connectivity index (χ0v) is 13.9. The molecule has 0 aromatic heterocycles. The number of benzene rings is 1. The van der Waals surface area contributed by atoms with Crippen LogP contribution in [0.4, 0.5) is 5.69 Å². The van der Waals surface area contributed by atoms with Crippen molar-refractivity contribution in [2.24, 2.45) is 0 Å². The first-order valence-electron chi connectivity index (χ1n) is 7.04. The third-order valence-corrected chi connectivity index (χ3v) is 3.68. The summed E-state index contributed by atoms with van der Waals surface area (Å²) in [5.74, 6) is -0.0341. The summed E-state index contributed by atoms with van der Waals surface area (Å²) < 4.78 is 10.3. The third-order valence-electron chi connectivity index (χ3n) is 3.68. The Morgan fingerprint density at radius 3 is 2.70 bits per heavy atom. The minimum Gasteiger partial charge on any atom is -0.497 e. The van der Waals surface area contributed by atoms with Gasteiger partial charge in [-0.05, 0) is 31.5 Å². The van der Waals surface area contributed by atoms with E-state index in [1.54, 1.807) is 30.2 Å². The number of amides is 1. The standard InChI is InChI=1S/C15H20N2O5.ClH/c1-21-10-5-6-11(13(8-10)22-2)16-14(18)9-17-7-3-4-12(17)15(19)20;/h5-6,8,12H,3-4,7,9H2,1-2H3,(H,16,18)(H,19,20);1H/t12-;/m0./s1. The Kier molecular flexibility index (Phi) is 7.12. The first-order valence-corrected chi connectivity index (χ1v) is 7.04. The fourth-order valence-electron chi connectivity index (χ4n) is 2.57. The second-order valence-electron chi connectivity index (χ2n) is 5.08. The molecule has 1 heterocycles. The van der Waals surface area contributed by atoms with E-state index in [0.717, 1.165) is 6.42 Å². The van der Waals surface area contributed by atoms with E-state index >= 15 is 0 Å². The number of rotatable bonds is 6. The van der Waals surface area contributed by atoms with Crippen LogP contribution in [0.1, 0.15) is 12.8 Å². The van der Waals surface area contributed by atoms with Crippen LogP contribution in [0.2, 0.25) is 0 Å². The zero-order valence-electron chi connectivity index (χ0n) is 13.1. The number of hydrogen-bond acceptors (Lipinski definition) is 5. The van der Waals surface area contributed by atoms with Gasteiger partial charge in [-0.25, -0.2) is 0 Å². The van der Waals surface area contributed by atoms with E-state index in [2.05, 4.69) is 5.32 Å². The number of methoxy groups -OCH3 is 2. The minimum atomic E-state index is -0.882. The van der Waals surface area contributed by atoms with Crippen LogP contribution >= 0.6 is 12.4 Å². The second-order valence-corrected chi connectivity index (χ2v) is 5.08. The number of carboxylic acids is 1. The number of carbonyl (C=O) groups excluding carboxylic acids is 1. The van der Waals surface area contributed by atoms with Crippen LogP contribution in [0, 0.1) is 0 Å². The van der Waals surface area contributed by atoms with E-state index < -0.39 is 12.0 Å². The van der Waals surface area contributed by atoms with E-state index in [1.807, 2.05) is 0 Å². The Balaban J connectivity index is 0.00000264. The van der Waals surface area contributed by atoms with Gasteiger partial charge in [-0.3, -0.25) is 14.5 Å². The van der Waals surface area contributed by atoms with Gasteiger partial charge in [-0.15, -0.1) is 12.4 Å². The van der Waals surface area contributed by atoms with Crippen molar-refractivity contribution in [3.05, 3.63) is 18.2 Å². The lowest BCUT2D eigenvalue weighted by Gasteiger charge is -2.20. The highest BCUT2D eigenvalue weighted by molar-refractivity contribution is 5.94. The quantitative estimate of drug-likeness (QED) is 0.815. The van der Waals surface area contributed by atoms with Gasteiger partial charge in [0.05, 0.1) is 26.5 Å². The number of hydrogen-bond donors (Lipinski definition) is 2. The highest BCUT2D eigenvalue weighted by Gasteiger charge is 2.31. The number of nitrogens with one attached hydrogen (secondary N) is 1. The summed E-state index contributed by atoms with van der Waals surface area (Å²) in [4.78, 5) is 24.9. The molecule has 1 aliphatic rings. The lowest BCUT2D eigenvalue weighted by atomic mass is 10.2. The average molecular weight is 345 g/mol. The summed E-state index contributed by atoms with van der Waals surface area (Å²) >= 11 is 0. The highest BCUT2D eigenvalue weighted by atomic mass is 35.5. The lowest BCUT2D eigenvalue weighted by Crippen LogP contribution is -2.40. The molecule has 128 valence electrons. The summed E-state index contributed by atoms with van der Waals surface area (Å²) in [6.45, 7) is 0.663. The number of carboxylic acid groups (broad SMARTS) is 1. The molecule has 0 unspecified atom stereocenters. The van der Waals surface area contributed by atoms with Gasteiger partial charge in [0.2, 0.25) is 5.91 Å². The Bertz CT molecular complexity index is 567. The largest absolute Gasteiger partial charge is 0.497 e. The Morgan fingerprint density at radius 2 is 2.09 bits per heavy atom. The van der Waals surface area contributed by atoms with Crippen LogP contribution in [0.5, 0.6) is 11.5 Å². The molecule has 1 aromatic carbocycles. The van der Waals surface area contributed by atoms with E-state index in [4.69, 9.17) is 14.6 Å². The molecule has 0 spiro atoms. The van der Waals surface area contributed by atoms with E-state index in [-0.39, 0.29) is 24.9 Å². The summed E-state index contributed by atoms with van der Waals surface area (Å²) in [6, 6.07) is 4.50. The number of ether oxygens (including phenoxy) is 2. The predicted molar refractivity (Wildman–Crippen MR) is 87.7 cm³/mol. The van der Waals surface area contributed by atoms with Gasteiger partial charge in [0.1, 0.15) is 17.5 Å². The molecule has 8 heteroatoms. The van der Waals surface area contributed by atoms with Crippen molar-refractivity contribution < 1.29 is 24.2 Å². The lowest BCUT2D eigenvalue weighted by molar-refractivity contribution is -0.142. The highest BCUT2D eigenvalue weighted by Crippen LogP contribution is 2.29. The molecule has 0 aliphatic carbocycles. The van der Waals surface area contributed by atoms with Gasteiger partial charge in [0.25, 0.3) is 0 Å². The molecule has 0 bridgehead atoms. The maximum atomic E-state index is 12.1. The van der Waals surface area contributed by atoms with Crippen LogP contribution in [-0.2, 0) is 9.59 Å². The number of anilines is 1. The van der Waals surface area contributed by atoms with Crippen molar-refractivity contribution in [2.45, 2.75) is 18.9 Å². The first kappa shape index (κ1) is 19.1. The fraction of sp³-hybridized carbons (Fsp3) is 0.467. The van der Waals surface area contributed by atoms with Gasteiger partial charge in [0.15, 0.2) is 0 Å². The molecule has 1 saturated heterocycles. The molecule has 1 amide bonds. The molecule has 0 saturated carbocycles. The maximum absolute atomic E-state index is 12.1. The van der Waals surface area contributed by atoms with Crippen molar-refractivity contribution in [1.82, 2.24) is 4.90 Å². The molecular weight excluding hydrogens is 324 g/mol. The third kappa shape index (κ3) is 4.74. The van der Waals surface area contributed by atoms with Crippen molar-refractivity contribution in [3.63, 3.8) is 0 Å². The van der Waals surface area contributed by atoms with Crippen molar-refractivity contribution in [3.8, 4) is 11.5 Å². The number of likely N-dealkylation sites (tertiary alicyclic amines) is 1. The van der Waals surface area contributed by atoms with Gasteiger partial charge in [-0.1, -0.05) is 0 Å². The van der Waals surface area contributed by atoms with Gasteiger partial charge >= 0.3 is 5.97 Å². The SMILES string of the molecule is COc1ccc(NC(=O)CN2CCC[C@H]2C(=O)O)c(OC)c1.Cl. The average Bonchev–Trinajstić information content (AvgIpc) is 2.95. The molecular formula is C15H21ClN2O5. The van der Waals surface area contributed by atoms with Gasteiger partial charge in [0, 0.05) is 6.07 Å². The van der Waals surface area contributed by atoms with Crippen LogP contribution in [0.15, 0.2) is 18.2 Å². The predicted octanol–water partition coefficient (Wildman–Crippen LogP) is 1.61. The minimum absolute atomic E-state index is 0. The van der Waals surface area contributed by atoms with Gasteiger partial charge in [-0.2, -0.15) is 0 Å². The summed E-state index contributed by atoms with van der Waals surface area (Å²) in [6.07, 6.45) is 1.37. The number of carbonyl (C=O) groups is 2. The number of nitrogens with zero attached hydrogens (tertiary/aromatic N) is 1. The second kappa shape index (κ2) is 8.59. The van der Waals surface area contributed by atoms with E-state index in [9.17, 15) is 9.59 Å². The van der Waals surface area contributed by atoms with Crippen LogP contribution in [0.3, 0.4) is 0 Å². The molecule has 2 N–H and O–H groups in total. The van der Waals surface area contributed by atoms with Crippen LogP contribution in [-0.4, -0.2) is 55.2 Å². The normalized spacial score (nSPS) is 17.2. The molecule has 1 aliphatic heterocycles. The maximum Gasteiger partial charge on any atom is 0.320 e. The van der Waals surface area contributed by atoms with Crippen molar-refractivity contribution in [2.75, 3.05) is 32.6 Å². The first-order chi connectivity index (χ1) is 10.5. The van der Waals surface area contributed by atoms with Gasteiger partial charge < -0.3 is 19.9 Å². The summed E-state index contributed by atoms with van der Waals surface area (Å²) in [7, 11) is 3.05. The smallest absolute Gasteiger partial charge is 0.320 e.